The van der Waals surface area contributed by atoms with Gasteiger partial charge in [-0.1, -0.05) is 218 Å². The zero-order chi connectivity index (χ0) is 45.0. The average Bonchev–Trinajstić information content (AvgIpc) is 3.95. The van der Waals surface area contributed by atoms with Crippen molar-refractivity contribution in [2.24, 2.45) is 0 Å². The van der Waals surface area contributed by atoms with Crippen LogP contribution in [-0.2, 0) is 5.41 Å². The Kier molecular flexibility index (Phi) is 9.40. The first-order valence-corrected chi connectivity index (χ1v) is 23.2. The number of fused-ring (bicyclic) bond motifs is 6. The Hall–Kier alpha value is -8.92. The van der Waals surface area contributed by atoms with Gasteiger partial charge in [0.05, 0.1) is 16.8 Å². The van der Waals surface area contributed by atoms with E-state index in [0.29, 0.717) is 5.82 Å². The zero-order valence-electron chi connectivity index (χ0n) is 37.1. The topological polar surface area (TPSA) is 38.9 Å². The van der Waals surface area contributed by atoms with Crippen molar-refractivity contribution >= 4 is 21.9 Å². The van der Waals surface area contributed by atoms with Gasteiger partial charge < -0.3 is 4.42 Å². The Balaban J connectivity index is 1.03. The van der Waals surface area contributed by atoms with Crippen molar-refractivity contribution in [3.63, 3.8) is 0 Å². The van der Waals surface area contributed by atoms with E-state index in [1.807, 2.05) is 18.2 Å². The van der Waals surface area contributed by atoms with E-state index in [1.165, 1.54) is 44.5 Å². The molecule has 0 atom stereocenters. The normalized spacial score (nSPS) is 12.5. The second-order valence-electron chi connectivity index (χ2n) is 17.6. The van der Waals surface area contributed by atoms with Crippen LogP contribution in [0.15, 0.2) is 259 Å². The summed E-state index contributed by atoms with van der Waals surface area (Å²) in [6.45, 7) is 0. The lowest BCUT2D eigenvalue weighted by molar-refractivity contribution is 0.670. The van der Waals surface area contributed by atoms with Gasteiger partial charge in [0.25, 0.3) is 0 Å². The summed E-state index contributed by atoms with van der Waals surface area (Å²) in [5.41, 5.74) is 19.9. The smallest absolute Gasteiger partial charge is 0.160 e. The third kappa shape index (κ3) is 6.51. The van der Waals surface area contributed by atoms with Crippen LogP contribution < -0.4 is 0 Å². The molecule has 0 spiro atoms. The van der Waals surface area contributed by atoms with Gasteiger partial charge in [-0.3, -0.25) is 0 Å². The molecule has 1 aliphatic rings. The molecule has 0 saturated carbocycles. The van der Waals surface area contributed by atoms with Crippen molar-refractivity contribution in [2.45, 2.75) is 5.41 Å². The van der Waals surface area contributed by atoms with Gasteiger partial charge in [0.15, 0.2) is 5.82 Å². The van der Waals surface area contributed by atoms with Gasteiger partial charge in [0, 0.05) is 33.0 Å². The zero-order valence-corrected chi connectivity index (χ0v) is 37.1. The monoisotopic (exact) mass is 866 g/mol. The van der Waals surface area contributed by atoms with Crippen molar-refractivity contribution in [2.75, 3.05) is 0 Å². The van der Waals surface area contributed by atoms with Crippen molar-refractivity contribution in [1.29, 1.82) is 0 Å². The van der Waals surface area contributed by atoms with Crippen LogP contribution in [0.5, 0.6) is 0 Å². The number of nitrogens with zero attached hydrogens (tertiary/aromatic N) is 2. The number of rotatable bonds is 8. The summed E-state index contributed by atoms with van der Waals surface area (Å²) in [5, 5.41) is 2.19. The molecule has 68 heavy (non-hydrogen) atoms. The Bertz CT molecular complexity index is 3780. The molecular weight excluding hydrogens is 825 g/mol. The van der Waals surface area contributed by atoms with Crippen LogP contribution in [0.25, 0.3) is 100 Å². The molecule has 0 N–H and O–H groups in total. The highest BCUT2D eigenvalue weighted by molar-refractivity contribution is 6.10. The van der Waals surface area contributed by atoms with Crippen molar-refractivity contribution in [3.8, 4) is 78.4 Å². The molecule has 318 valence electrons. The summed E-state index contributed by atoms with van der Waals surface area (Å²) in [4.78, 5) is 10.8. The molecule has 2 heterocycles. The lowest BCUT2D eigenvalue weighted by Crippen LogP contribution is -2.28. The highest BCUT2D eigenvalue weighted by Gasteiger charge is 2.46. The van der Waals surface area contributed by atoms with E-state index < -0.39 is 5.41 Å². The third-order valence-corrected chi connectivity index (χ3v) is 13.8. The minimum atomic E-state index is -0.542. The summed E-state index contributed by atoms with van der Waals surface area (Å²) in [7, 11) is 0. The van der Waals surface area contributed by atoms with E-state index in [9.17, 15) is 0 Å². The summed E-state index contributed by atoms with van der Waals surface area (Å²) in [6, 6.07) is 91.2. The lowest BCUT2D eigenvalue weighted by atomic mass is 9.67. The Morgan fingerprint density at radius 3 is 1.51 bits per heavy atom. The molecule has 0 unspecified atom stereocenters. The molecule has 3 nitrogen and oxygen atoms in total. The van der Waals surface area contributed by atoms with Gasteiger partial charge in [-0.15, -0.1) is 0 Å². The Morgan fingerprint density at radius 2 is 0.794 bits per heavy atom. The molecule has 13 rings (SSSR count). The summed E-state index contributed by atoms with van der Waals surface area (Å²) >= 11 is 0. The van der Waals surface area contributed by atoms with Gasteiger partial charge in [0.1, 0.15) is 11.2 Å². The molecule has 0 saturated heterocycles. The number of hydrogen-bond donors (Lipinski definition) is 0. The predicted molar refractivity (Wildman–Crippen MR) is 279 cm³/mol. The lowest BCUT2D eigenvalue weighted by Gasteiger charge is -2.34. The SMILES string of the molecule is c1ccc(-c2ccc(-c3cc(-c4cc(-c5ccc6c(c5)C(c5ccccc5)(c5ccccc5)c5ccccc5-6)nc(-c5ccccc5)n4)cc(-c4cccc5c4oc4ccccc45)c3)cc2)cc1. The van der Waals surface area contributed by atoms with E-state index in [0.717, 1.165) is 72.3 Å². The van der Waals surface area contributed by atoms with E-state index in [-0.39, 0.29) is 0 Å². The van der Waals surface area contributed by atoms with Gasteiger partial charge in [-0.05, 0) is 97.6 Å². The maximum absolute atomic E-state index is 6.66. The van der Waals surface area contributed by atoms with Crippen LogP contribution in [-0.4, -0.2) is 9.97 Å². The van der Waals surface area contributed by atoms with Crippen LogP contribution in [0.4, 0.5) is 0 Å². The molecule has 0 radical (unpaired) electrons. The summed E-state index contributed by atoms with van der Waals surface area (Å²) in [6.07, 6.45) is 0. The molecule has 1 aliphatic carbocycles. The van der Waals surface area contributed by atoms with Crippen LogP contribution in [0.3, 0.4) is 0 Å². The number of aromatic nitrogens is 2. The van der Waals surface area contributed by atoms with Crippen LogP contribution in [0, 0.1) is 0 Å². The van der Waals surface area contributed by atoms with Gasteiger partial charge in [-0.25, -0.2) is 9.97 Å². The maximum atomic E-state index is 6.66. The highest BCUT2D eigenvalue weighted by Crippen LogP contribution is 2.56. The minimum Gasteiger partial charge on any atom is -0.455 e. The number of hydrogen-bond acceptors (Lipinski definition) is 3. The fourth-order valence-electron chi connectivity index (χ4n) is 10.6. The van der Waals surface area contributed by atoms with Crippen molar-refractivity contribution < 1.29 is 4.42 Å². The molecule has 10 aromatic carbocycles. The first-order chi connectivity index (χ1) is 33.7. The number of furan rings is 1. The first-order valence-electron chi connectivity index (χ1n) is 23.2. The molecule has 0 amide bonds. The predicted octanol–water partition coefficient (Wildman–Crippen LogP) is 16.7. The Labute approximate surface area is 395 Å². The second kappa shape index (κ2) is 16.2. The standard InChI is InChI=1S/C65H42N2O/c1-5-18-43(19-6-1)44-32-34-45(35-33-44)48-38-49(53-28-17-29-57-56-27-14-16-31-62(56)68-63(53)57)40-50(39-48)61-42-60(66-64(67-61)46-20-7-2-8-21-46)47-36-37-55-54-26-13-15-30-58(54)65(59(55)41-47,51-22-9-3-10-23-51)52-24-11-4-12-25-52/h1-42H. The summed E-state index contributed by atoms with van der Waals surface area (Å²) in [5.74, 6) is 0.665. The Morgan fingerprint density at radius 1 is 0.294 bits per heavy atom. The van der Waals surface area contributed by atoms with Gasteiger partial charge in [0.2, 0.25) is 0 Å². The number of para-hydroxylation sites is 2. The quantitative estimate of drug-likeness (QED) is 0.153. The first kappa shape index (κ1) is 39.4. The van der Waals surface area contributed by atoms with E-state index in [2.05, 4.69) is 237 Å². The average molecular weight is 867 g/mol. The summed E-state index contributed by atoms with van der Waals surface area (Å²) < 4.78 is 6.66. The molecule has 0 bridgehead atoms. The molecule has 2 aromatic heterocycles. The fraction of sp³-hybridized carbons (Fsp3) is 0.0154. The van der Waals surface area contributed by atoms with Crippen molar-refractivity contribution in [3.05, 3.63) is 277 Å². The van der Waals surface area contributed by atoms with E-state index >= 15 is 0 Å². The van der Waals surface area contributed by atoms with E-state index in [1.54, 1.807) is 0 Å². The largest absolute Gasteiger partial charge is 0.455 e. The number of benzene rings is 10. The van der Waals surface area contributed by atoms with Crippen LogP contribution in [0.1, 0.15) is 22.3 Å². The molecule has 12 aromatic rings. The van der Waals surface area contributed by atoms with Crippen LogP contribution >= 0.6 is 0 Å². The van der Waals surface area contributed by atoms with Gasteiger partial charge >= 0.3 is 0 Å². The third-order valence-electron chi connectivity index (χ3n) is 13.8. The van der Waals surface area contributed by atoms with Crippen LogP contribution in [0.2, 0.25) is 0 Å². The van der Waals surface area contributed by atoms with Crippen molar-refractivity contribution in [1.82, 2.24) is 9.97 Å². The maximum Gasteiger partial charge on any atom is 0.160 e. The molecule has 0 aliphatic heterocycles. The van der Waals surface area contributed by atoms with Gasteiger partial charge in [-0.2, -0.15) is 0 Å². The minimum absolute atomic E-state index is 0.542. The molecule has 0 fully saturated rings. The highest BCUT2D eigenvalue weighted by atomic mass is 16.3. The second-order valence-corrected chi connectivity index (χ2v) is 17.6. The molecular formula is C65H42N2O. The molecule has 3 heteroatoms. The fourth-order valence-corrected chi connectivity index (χ4v) is 10.6. The van der Waals surface area contributed by atoms with E-state index in [4.69, 9.17) is 14.4 Å².